The summed E-state index contributed by atoms with van der Waals surface area (Å²) in [6.45, 7) is 2.44. The summed E-state index contributed by atoms with van der Waals surface area (Å²) in [7, 11) is 1.87. The molecular formula is C18H20N2O. The van der Waals surface area contributed by atoms with Crippen molar-refractivity contribution in [2.24, 2.45) is 0 Å². The van der Waals surface area contributed by atoms with Crippen molar-refractivity contribution in [3.8, 4) is 0 Å². The minimum atomic E-state index is 0.109. The van der Waals surface area contributed by atoms with Gasteiger partial charge in [0, 0.05) is 25.7 Å². The van der Waals surface area contributed by atoms with Gasteiger partial charge in [-0.25, -0.2) is 0 Å². The van der Waals surface area contributed by atoms with Crippen LogP contribution in [0.2, 0.25) is 0 Å². The van der Waals surface area contributed by atoms with Crippen molar-refractivity contribution < 1.29 is 4.79 Å². The lowest BCUT2D eigenvalue weighted by Gasteiger charge is -2.23. The molecule has 0 aromatic heterocycles. The lowest BCUT2D eigenvalue weighted by Crippen LogP contribution is -2.30. The van der Waals surface area contributed by atoms with Gasteiger partial charge >= 0.3 is 0 Å². The summed E-state index contributed by atoms with van der Waals surface area (Å²) in [5.74, 6) is 0.109. The fraction of sp³-hybridized carbons (Fsp3) is 0.278. The first kappa shape index (κ1) is 13.8. The molecule has 0 fully saturated rings. The molecule has 3 rings (SSSR count). The molecule has 1 N–H and O–H groups in total. The van der Waals surface area contributed by atoms with Gasteiger partial charge in [0.15, 0.2) is 0 Å². The Morgan fingerprint density at radius 2 is 1.95 bits per heavy atom. The topological polar surface area (TPSA) is 32.3 Å². The highest BCUT2D eigenvalue weighted by atomic mass is 16.2. The van der Waals surface area contributed by atoms with Crippen LogP contribution < -0.4 is 5.32 Å². The van der Waals surface area contributed by atoms with Crippen molar-refractivity contribution in [1.82, 2.24) is 10.2 Å². The number of rotatable bonds is 3. The highest BCUT2D eigenvalue weighted by Gasteiger charge is 2.19. The molecule has 0 saturated carbocycles. The van der Waals surface area contributed by atoms with Crippen LogP contribution in [0.15, 0.2) is 48.5 Å². The van der Waals surface area contributed by atoms with E-state index < -0.39 is 0 Å². The molecule has 0 spiro atoms. The fourth-order valence-electron chi connectivity index (χ4n) is 2.87. The van der Waals surface area contributed by atoms with Crippen LogP contribution in [-0.2, 0) is 19.5 Å². The second-order valence-electron chi connectivity index (χ2n) is 5.52. The molecule has 108 valence electrons. The summed E-state index contributed by atoms with van der Waals surface area (Å²) < 4.78 is 0. The number of carbonyl (C=O) groups is 1. The van der Waals surface area contributed by atoms with Crippen molar-refractivity contribution in [1.29, 1.82) is 0 Å². The third kappa shape index (κ3) is 2.98. The summed E-state index contributed by atoms with van der Waals surface area (Å²) in [5.41, 5.74) is 4.47. The van der Waals surface area contributed by atoms with Crippen molar-refractivity contribution >= 4 is 5.91 Å². The first-order valence-electron chi connectivity index (χ1n) is 7.36. The number of nitrogens with one attached hydrogen (secondary N) is 1. The lowest BCUT2D eigenvalue weighted by molar-refractivity contribution is 0.0783. The smallest absolute Gasteiger partial charge is 0.254 e. The van der Waals surface area contributed by atoms with Gasteiger partial charge in [-0.2, -0.15) is 0 Å². The van der Waals surface area contributed by atoms with Gasteiger partial charge in [0.05, 0.1) is 0 Å². The Labute approximate surface area is 125 Å². The maximum Gasteiger partial charge on any atom is 0.254 e. The summed E-state index contributed by atoms with van der Waals surface area (Å²) >= 11 is 0. The van der Waals surface area contributed by atoms with Gasteiger partial charge in [-0.05, 0) is 35.7 Å². The Bertz CT molecular complexity index is 637. The van der Waals surface area contributed by atoms with E-state index in [9.17, 15) is 4.79 Å². The molecule has 3 nitrogen and oxygen atoms in total. The Kier molecular flexibility index (Phi) is 4.02. The number of carbonyl (C=O) groups excluding carboxylic acids is 1. The average molecular weight is 280 g/mol. The van der Waals surface area contributed by atoms with Gasteiger partial charge in [-0.15, -0.1) is 0 Å². The van der Waals surface area contributed by atoms with Gasteiger partial charge in [0.2, 0.25) is 0 Å². The van der Waals surface area contributed by atoms with Crippen molar-refractivity contribution in [2.75, 3.05) is 13.6 Å². The zero-order valence-electron chi connectivity index (χ0n) is 12.3. The van der Waals surface area contributed by atoms with Gasteiger partial charge in [0.25, 0.3) is 5.91 Å². The van der Waals surface area contributed by atoms with E-state index in [0.29, 0.717) is 6.54 Å². The zero-order valence-corrected chi connectivity index (χ0v) is 12.3. The molecule has 1 amide bonds. The molecule has 0 bridgehead atoms. The molecule has 21 heavy (non-hydrogen) atoms. The number of benzene rings is 2. The maximum absolute atomic E-state index is 12.7. The van der Waals surface area contributed by atoms with E-state index in [1.54, 1.807) is 4.90 Å². The van der Waals surface area contributed by atoms with E-state index in [1.165, 1.54) is 11.1 Å². The number of hydrogen-bond acceptors (Lipinski definition) is 2. The van der Waals surface area contributed by atoms with Crippen molar-refractivity contribution in [3.63, 3.8) is 0 Å². The number of hydrogen-bond donors (Lipinski definition) is 1. The van der Waals surface area contributed by atoms with Gasteiger partial charge in [-0.1, -0.05) is 42.5 Å². The highest BCUT2D eigenvalue weighted by molar-refractivity contribution is 5.96. The molecule has 2 aromatic carbocycles. The molecule has 2 aromatic rings. The third-order valence-corrected chi connectivity index (χ3v) is 3.98. The predicted octanol–water partition coefficient (Wildman–Crippen LogP) is 2.60. The Balaban J connectivity index is 1.82. The third-order valence-electron chi connectivity index (χ3n) is 3.98. The van der Waals surface area contributed by atoms with Crippen LogP contribution in [-0.4, -0.2) is 24.4 Å². The van der Waals surface area contributed by atoms with Crippen LogP contribution in [0, 0.1) is 0 Å². The van der Waals surface area contributed by atoms with E-state index in [2.05, 4.69) is 11.4 Å². The standard InChI is InChI=1S/C18H20N2O/c1-20(13-14-6-3-2-4-7-14)18(21)17-9-5-8-15-12-19-11-10-16(15)17/h2-9,19H,10-13H2,1H3. The molecule has 0 saturated heterocycles. The van der Waals surface area contributed by atoms with Crippen molar-refractivity contribution in [3.05, 3.63) is 70.8 Å². The summed E-state index contributed by atoms with van der Waals surface area (Å²) in [5, 5.41) is 3.35. The summed E-state index contributed by atoms with van der Waals surface area (Å²) in [6, 6.07) is 16.1. The monoisotopic (exact) mass is 280 g/mol. The van der Waals surface area contributed by atoms with Gasteiger partial charge < -0.3 is 10.2 Å². The Morgan fingerprint density at radius 3 is 2.76 bits per heavy atom. The predicted molar refractivity (Wildman–Crippen MR) is 84.1 cm³/mol. The molecule has 0 aliphatic carbocycles. The highest BCUT2D eigenvalue weighted by Crippen LogP contribution is 2.20. The second kappa shape index (κ2) is 6.10. The van der Waals surface area contributed by atoms with Crippen LogP contribution in [0.5, 0.6) is 0 Å². The molecule has 1 aliphatic heterocycles. The van der Waals surface area contributed by atoms with E-state index >= 15 is 0 Å². The van der Waals surface area contributed by atoms with E-state index in [1.807, 2.05) is 49.5 Å². The van der Waals surface area contributed by atoms with Crippen LogP contribution in [0.3, 0.4) is 0 Å². The Morgan fingerprint density at radius 1 is 1.14 bits per heavy atom. The van der Waals surface area contributed by atoms with Gasteiger partial charge in [0.1, 0.15) is 0 Å². The summed E-state index contributed by atoms with van der Waals surface area (Å²) in [4.78, 5) is 14.5. The number of fused-ring (bicyclic) bond motifs is 1. The minimum absolute atomic E-state index is 0.109. The van der Waals surface area contributed by atoms with Crippen LogP contribution in [0.1, 0.15) is 27.0 Å². The Hall–Kier alpha value is -2.13. The molecule has 0 radical (unpaired) electrons. The van der Waals surface area contributed by atoms with Crippen LogP contribution in [0.4, 0.5) is 0 Å². The first-order chi connectivity index (χ1) is 10.3. The molecular weight excluding hydrogens is 260 g/mol. The zero-order chi connectivity index (χ0) is 14.7. The first-order valence-corrected chi connectivity index (χ1v) is 7.36. The molecule has 1 heterocycles. The van der Waals surface area contributed by atoms with E-state index in [4.69, 9.17) is 0 Å². The van der Waals surface area contributed by atoms with Crippen molar-refractivity contribution in [2.45, 2.75) is 19.5 Å². The molecule has 0 unspecified atom stereocenters. The summed E-state index contributed by atoms with van der Waals surface area (Å²) in [6.07, 6.45) is 0.927. The number of amides is 1. The largest absolute Gasteiger partial charge is 0.337 e. The van der Waals surface area contributed by atoms with Crippen LogP contribution in [0.25, 0.3) is 0 Å². The maximum atomic E-state index is 12.7. The fourth-order valence-corrected chi connectivity index (χ4v) is 2.87. The second-order valence-corrected chi connectivity index (χ2v) is 5.52. The minimum Gasteiger partial charge on any atom is -0.337 e. The lowest BCUT2D eigenvalue weighted by atomic mass is 9.95. The molecule has 1 aliphatic rings. The van der Waals surface area contributed by atoms with Crippen LogP contribution >= 0.6 is 0 Å². The average Bonchev–Trinajstić information content (AvgIpc) is 2.54. The SMILES string of the molecule is CN(Cc1ccccc1)C(=O)c1cccc2c1CCNC2. The normalized spacial score (nSPS) is 13.6. The van der Waals surface area contributed by atoms with E-state index in [0.717, 1.165) is 30.6 Å². The molecule has 3 heteroatoms. The van der Waals surface area contributed by atoms with E-state index in [-0.39, 0.29) is 5.91 Å². The number of nitrogens with zero attached hydrogens (tertiary/aromatic N) is 1. The quantitative estimate of drug-likeness (QED) is 0.937. The van der Waals surface area contributed by atoms with Gasteiger partial charge in [-0.3, -0.25) is 4.79 Å². The molecule has 0 atom stereocenters.